The molecule has 124 valence electrons. The molecule has 3 amide bonds. The first-order valence-electron chi connectivity index (χ1n) is 7.05. The number of carbonyl (C=O) groups is 3. The highest BCUT2D eigenvalue weighted by atomic mass is 19.2. The van der Waals surface area contributed by atoms with Gasteiger partial charge in [-0.15, -0.1) is 0 Å². The number of rotatable bonds is 3. The van der Waals surface area contributed by atoms with E-state index < -0.39 is 41.3 Å². The summed E-state index contributed by atoms with van der Waals surface area (Å²) in [4.78, 5) is 36.2. The number of allylic oxidation sites excluding steroid dienone is 3. The molecule has 0 saturated carbocycles. The summed E-state index contributed by atoms with van der Waals surface area (Å²) in [5.41, 5.74) is -0.405. The molecule has 1 heterocycles. The first-order valence-corrected chi connectivity index (χ1v) is 7.05. The van der Waals surface area contributed by atoms with Crippen LogP contribution in [0.1, 0.15) is 12.8 Å². The number of hydrogen-bond acceptors (Lipinski definition) is 4. The van der Waals surface area contributed by atoms with Crippen molar-refractivity contribution in [3.8, 4) is 0 Å². The van der Waals surface area contributed by atoms with Gasteiger partial charge in [0.25, 0.3) is 5.91 Å². The molecule has 6 nitrogen and oxygen atoms in total. The monoisotopic (exact) mass is 325 g/mol. The van der Waals surface area contributed by atoms with Crippen molar-refractivity contribution in [2.45, 2.75) is 25.1 Å². The second-order valence-corrected chi connectivity index (χ2v) is 5.45. The van der Waals surface area contributed by atoms with E-state index in [4.69, 9.17) is 0 Å². The number of hydrogen-bond donors (Lipinski definition) is 2. The third kappa shape index (κ3) is 3.64. The normalized spacial score (nSPS) is 24.8. The molecule has 2 atom stereocenters. The number of nitrogens with one attached hydrogen (secondary N) is 2. The van der Waals surface area contributed by atoms with Crippen LogP contribution in [0.2, 0.25) is 0 Å². The van der Waals surface area contributed by atoms with Crippen LogP contribution in [0.4, 0.5) is 8.78 Å². The molecular formula is C15H17F2N3O3. The molecular weight excluding hydrogens is 308 g/mol. The van der Waals surface area contributed by atoms with Gasteiger partial charge in [-0.1, -0.05) is 6.08 Å². The third-order valence-corrected chi connectivity index (χ3v) is 3.57. The summed E-state index contributed by atoms with van der Waals surface area (Å²) < 4.78 is 28.4. The van der Waals surface area contributed by atoms with Crippen LogP contribution in [0.5, 0.6) is 0 Å². The first-order chi connectivity index (χ1) is 10.8. The molecule has 0 spiro atoms. The fraction of sp³-hybridized carbons (Fsp3) is 0.400. The van der Waals surface area contributed by atoms with Gasteiger partial charge in [-0.05, 0) is 18.6 Å². The lowest BCUT2D eigenvalue weighted by Gasteiger charge is -2.22. The van der Waals surface area contributed by atoms with Gasteiger partial charge in [0, 0.05) is 20.5 Å². The van der Waals surface area contributed by atoms with Gasteiger partial charge in [0.2, 0.25) is 11.8 Å². The fourth-order valence-corrected chi connectivity index (χ4v) is 2.30. The van der Waals surface area contributed by atoms with Crippen LogP contribution >= 0.6 is 0 Å². The molecule has 1 aliphatic carbocycles. The van der Waals surface area contributed by atoms with E-state index in [0.29, 0.717) is 0 Å². The summed E-state index contributed by atoms with van der Waals surface area (Å²) in [7, 11) is 3.13. The van der Waals surface area contributed by atoms with E-state index in [1.54, 1.807) is 14.1 Å². The van der Waals surface area contributed by atoms with Gasteiger partial charge in [-0.25, -0.2) is 8.78 Å². The Morgan fingerprint density at radius 2 is 2.09 bits per heavy atom. The molecule has 0 aromatic rings. The lowest BCUT2D eigenvalue weighted by molar-refractivity contribution is -0.136. The predicted octanol–water partition coefficient (Wildman–Crippen LogP) is 0.485. The Kier molecular flexibility index (Phi) is 4.92. The zero-order chi connectivity index (χ0) is 17.1. The maximum Gasteiger partial charge on any atom is 0.254 e. The van der Waals surface area contributed by atoms with Crippen molar-refractivity contribution >= 4 is 17.7 Å². The minimum atomic E-state index is -2.07. The summed E-state index contributed by atoms with van der Waals surface area (Å²) in [6, 6.07) is -0.948. The number of carbonyl (C=O) groups excluding carboxylic acids is 3. The van der Waals surface area contributed by atoms with Crippen molar-refractivity contribution in [3.05, 3.63) is 35.3 Å². The predicted molar refractivity (Wildman–Crippen MR) is 78.3 cm³/mol. The summed E-state index contributed by atoms with van der Waals surface area (Å²) >= 11 is 0. The van der Waals surface area contributed by atoms with Crippen LogP contribution in [-0.4, -0.2) is 48.9 Å². The van der Waals surface area contributed by atoms with E-state index in [2.05, 4.69) is 10.6 Å². The standard InChI is InChI=1S/C15H17F2N3O3/c1-20(2)10-5-3-4-8(12(16)13(10)17)14(22)18-9-6-7-11(21)19-15(9)23/h3-5,9,13H,6-7H2,1-2H3,(H,18,22)(H,19,21,23). The number of amides is 3. The molecule has 0 aromatic heterocycles. The third-order valence-electron chi connectivity index (χ3n) is 3.57. The van der Waals surface area contributed by atoms with E-state index in [1.165, 1.54) is 17.1 Å². The summed E-state index contributed by atoms with van der Waals surface area (Å²) in [5.74, 6) is -3.20. The average Bonchev–Trinajstić information content (AvgIpc) is 2.62. The van der Waals surface area contributed by atoms with Crippen molar-refractivity contribution in [1.82, 2.24) is 15.5 Å². The topological polar surface area (TPSA) is 78.5 Å². The molecule has 8 heteroatoms. The minimum absolute atomic E-state index is 0.0718. The van der Waals surface area contributed by atoms with E-state index in [-0.39, 0.29) is 18.5 Å². The van der Waals surface area contributed by atoms with Gasteiger partial charge in [-0.3, -0.25) is 19.7 Å². The molecule has 1 aliphatic heterocycles. The van der Waals surface area contributed by atoms with Gasteiger partial charge in [0.1, 0.15) is 6.04 Å². The van der Waals surface area contributed by atoms with E-state index >= 15 is 0 Å². The quantitative estimate of drug-likeness (QED) is 0.740. The lowest BCUT2D eigenvalue weighted by atomic mass is 10.0. The first kappa shape index (κ1) is 16.9. The molecule has 1 saturated heterocycles. The second-order valence-electron chi connectivity index (χ2n) is 5.45. The summed E-state index contributed by atoms with van der Waals surface area (Å²) in [5, 5.41) is 4.41. The average molecular weight is 325 g/mol. The maximum atomic E-state index is 14.2. The smallest absolute Gasteiger partial charge is 0.254 e. The van der Waals surface area contributed by atoms with Crippen LogP contribution in [-0.2, 0) is 14.4 Å². The molecule has 0 bridgehead atoms. The highest BCUT2D eigenvalue weighted by Gasteiger charge is 2.31. The SMILES string of the molecule is CN(C)C1=CC=CC(C(=O)NC2CCC(=O)NC2=O)=C(F)C1F. The Morgan fingerprint density at radius 1 is 1.39 bits per heavy atom. The molecule has 2 N–H and O–H groups in total. The number of nitrogens with zero attached hydrogens (tertiary/aromatic N) is 1. The fourth-order valence-electron chi connectivity index (χ4n) is 2.30. The zero-order valence-corrected chi connectivity index (χ0v) is 12.7. The van der Waals surface area contributed by atoms with E-state index in [0.717, 1.165) is 6.08 Å². The van der Waals surface area contributed by atoms with Gasteiger partial charge < -0.3 is 10.2 Å². The number of piperidine rings is 1. The lowest BCUT2D eigenvalue weighted by Crippen LogP contribution is -2.52. The summed E-state index contributed by atoms with van der Waals surface area (Å²) in [6.45, 7) is 0. The zero-order valence-electron chi connectivity index (χ0n) is 12.7. The van der Waals surface area contributed by atoms with Crippen molar-refractivity contribution in [1.29, 1.82) is 0 Å². The van der Waals surface area contributed by atoms with E-state index in [9.17, 15) is 23.2 Å². The number of halogens is 2. The number of imide groups is 1. The Labute approximate surface area is 131 Å². The molecule has 2 rings (SSSR count). The Morgan fingerprint density at radius 3 is 2.70 bits per heavy atom. The Balaban J connectivity index is 2.16. The Hall–Kier alpha value is -2.51. The van der Waals surface area contributed by atoms with Crippen molar-refractivity contribution in [2.24, 2.45) is 0 Å². The van der Waals surface area contributed by atoms with Crippen molar-refractivity contribution in [2.75, 3.05) is 14.1 Å². The molecule has 0 radical (unpaired) electrons. The van der Waals surface area contributed by atoms with Gasteiger partial charge >= 0.3 is 0 Å². The number of alkyl halides is 1. The van der Waals surface area contributed by atoms with Gasteiger partial charge in [-0.2, -0.15) is 0 Å². The molecule has 0 aromatic carbocycles. The largest absolute Gasteiger partial charge is 0.378 e. The van der Waals surface area contributed by atoms with Crippen LogP contribution in [0.25, 0.3) is 0 Å². The van der Waals surface area contributed by atoms with Crippen molar-refractivity contribution in [3.63, 3.8) is 0 Å². The Bertz CT molecular complexity index is 638. The maximum absolute atomic E-state index is 14.2. The van der Waals surface area contributed by atoms with Crippen LogP contribution in [0, 0.1) is 0 Å². The van der Waals surface area contributed by atoms with Gasteiger partial charge in [0.05, 0.1) is 11.3 Å². The molecule has 1 fully saturated rings. The van der Waals surface area contributed by atoms with Crippen molar-refractivity contribution < 1.29 is 23.2 Å². The molecule has 23 heavy (non-hydrogen) atoms. The van der Waals surface area contributed by atoms with Crippen LogP contribution in [0.15, 0.2) is 35.3 Å². The molecule has 2 unspecified atom stereocenters. The van der Waals surface area contributed by atoms with Crippen LogP contribution in [0.3, 0.4) is 0 Å². The van der Waals surface area contributed by atoms with Crippen LogP contribution < -0.4 is 10.6 Å². The summed E-state index contributed by atoms with van der Waals surface area (Å²) in [6.07, 6.45) is 2.02. The van der Waals surface area contributed by atoms with Gasteiger partial charge in [0.15, 0.2) is 12.0 Å². The second kappa shape index (κ2) is 6.72. The minimum Gasteiger partial charge on any atom is -0.378 e. The molecule has 2 aliphatic rings. The highest BCUT2D eigenvalue weighted by Crippen LogP contribution is 2.26. The highest BCUT2D eigenvalue weighted by molar-refractivity contribution is 6.04. The van der Waals surface area contributed by atoms with E-state index in [1.807, 2.05) is 0 Å².